The Bertz CT molecular complexity index is 907. The first kappa shape index (κ1) is 20.5. The van der Waals surface area contributed by atoms with E-state index in [0.29, 0.717) is 24.3 Å². The lowest BCUT2D eigenvalue weighted by molar-refractivity contribution is 0.0600. The van der Waals surface area contributed by atoms with Crippen molar-refractivity contribution < 1.29 is 19.1 Å². The van der Waals surface area contributed by atoms with Crippen molar-refractivity contribution in [2.24, 2.45) is 0 Å². The fourth-order valence-corrected chi connectivity index (χ4v) is 3.20. The summed E-state index contributed by atoms with van der Waals surface area (Å²) < 4.78 is 4.74. The molecule has 1 saturated heterocycles. The van der Waals surface area contributed by atoms with Gasteiger partial charge in [-0.25, -0.2) is 4.79 Å². The zero-order valence-electron chi connectivity index (χ0n) is 16.6. The number of amides is 2. The molecule has 1 aromatic carbocycles. The van der Waals surface area contributed by atoms with E-state index < -0.39 is 11.9 Å². The highest BCUT2D eigenvalue weighted by atomic mass is 16.5. The molecule has 2 heterocycles. The average Bonchev–Trinajstić information content (AvgIpc) is 2.78. The van der Waals surface area contributed by atoms with E-state index in [1.54, 1.807) is 35.2 Å². The predicted molar refractivity (Wildman–Crippen MR) is 108 cm³/mol. The van der Waals surface area contributed by atoms with Crippen molar-refractivity contribution in [2.45, 2.75) is 6.92 Å². The van der Waals surface area contributed by atoms with Crippen LogP contribution in [-0.2, 0) is 4.74 Å². The van der Waals surface area contributed by atoms with Crippen LogP contribution >= 0.6 is 0 Å². The zero-order chi connectivity index (χ0) is 20.8. The average molecular weight is 396 g/mol. The highest BCUT2D eigenvalue weighted by Crippen LogP contribution is 2.17. The Morgan fingerprint density at radius 2 is 1.83 bits per heavy atom. The molecule has 8 nitrogen and oxygen atoms in total. The minimum Gasteiger partial charge on any atom is -0.465 e. The monoisotopic (exact) mass is 396 g/mol. The van der Waals surface area contributed by atoms with Gasteiger partial charge in [-0.05, 0) is 30.8 Å². The second-order valence-electron chi connectivity index (χ2n) is 6.65. The van der Waals surface area contributed by atoms with E-state index in [1.807, 2.05) is 0 Å². The molecule has 3 rings (SSSR count). The van der Waals surface area contributed by atoms with Crippen molar-refractivity contribution in [3.05, 3.63) is 59.4 Å². The third-order valence-electron chi connectivity index (χ3n) is 4.93. The van der Waals surface area contributed by atoms with E-state index in [9.17, 15) is 14.4 Å². The van der Waals surface area contributed by atoms with Crippen molar-refractivity contribution in [3.8, 4) is 0 Å². The number of esters is 1. The molecule has 8 heteroatoms. The van der Waals surface area contributed by atoms with Crippen LogP contribution < -0.4 is 5.32 Å². The summed E-state index contributed by atoms with van der Waals surface area (Å²) in [6, 6.07) is 9.62. The van der Waals surface area contributed by atoms with Crippen LogP contribution in [0.25, 0.3) is 0 Å². The number of para-hydroxylation sites is 1. The molecule has 2 amide bonds. The van der Waals surface area contributed by atoms with Crippen LogP contribution in [0.5, 0.6) is 0 Å². The first-order valence-electron chi connectivity index (χ1n) is 9.50. The van der Waals surface area contributed by atoms with Gasteiger partial charge in [-0.1, -0.05) is 19.1 Å². The highest BCUT2D eigenvalue weighted by molar-refractivity contribution is 6.08. The van der Waals surface area contributed by atoms with Crippen LogP contribution in [0.2, 0.25) is 0 Å². The van der Waals surface area contributed by atoms with E-state index in [0.717, 1.165) is 19.6 Å². The van der Waals surface area contributed by atoms with Crippen LogP contribution in [0.1, 0.15) is 38.1 Å². The maximum absolute atomic E-state index is 12.8. The number of likely N-dealkylation sites (N-methyl/N-ethyl adjacent to an activating group) is 1. The number of nitrogens with zero attached hydrogens (tertiary/aromatic N) is 3. The summed E-state index contributed by atoms with van der Waals surface area (Å²) in [7, 11) is 1.28. The molecular formula is C21H24N4O4. The lowest BCUT2D eigenvalue weighted by atomic mass is 10.1. The lowest BCUT2D eigenvalue weighted by Crippen LogP contribution is -2.48. The number of nitrogens with one attached hydrogen (secondary N) is 1. The molecule has 0 saturated carbocycles. The molecule has 1 N–H and O–H groups in total. The zero-order valence-corrected chi connectivity index (χ0v) is 16.6. The van der Waals surface area contributed by atoms with E-state index in [4.69, 9.17) is 4.74 Å². The quantitative estimate of drug-likeness (QED) is 0.776. The molecule has 1 aliphatic rings. The molecule has 0 unspecified atom stereocenters. The van der Waals surface area contributed by atoms with Gasteiger partial charge < -0.3 is 19.9 Å². The Morgan fingerprint density at radius 3 is 2.52 bits per heavy atom. The maximum atomic E-state index is 12.8. The number of aromatic nitrogens is 1. The Kier molecular flexibility index (Phi) is 6.56. The van der Waals surface area contributed by atoms with Crippen LogP contribution in [-0.4, -0.2) is 72.4 Å². The number of carbonyl (C=O) groups excluding carboxylic acids is 3. The van der Waals surface area contributed by atoms with E-state index >= 15 is 0 Å². The second-order valence-corrected chi connectivity index (χ2v) is 6.65. The third-order valence-corrected chi connectivity index (χ3v) is 4.93. The normalized spacial score (nSPS) is 14.3. The molecule has 0 atom stereocenters. The molecule has 2 aromatic rings. The fourth-order valence-electron chi connectivity index (χ4n) is 3.20. The smallest absolute Gasteiger partial charge is 0.339 e. The van der Waals surface area contributed by atoms with Crippen molar-refractivity contribution in [1.29, 1.82) is 0 Å². The molecule has 1 fully saturated rings. The summed E-state index contributed by atoms with van der Waals surface area (Å²) in [6.07, 6.45) is 1.44. The summed E-state index contributed by atoms with van der Waals surface area (Å²) in [4.78, 5) is 45.5. The number of hydrogen-bond acceptors (Lipinski definition) is 6. The Balaban J connectivity index is 1.74. The molecule has 0 spiro atoms. The number of anilines is 1. The van der Waals surface area contributed by atoms with Gasteiger partial charge in [0.25, 0.3) is 11.8 Å². The molecular weight excluding hydrogens is 372 g/mol. The molecule has 0 bridgehead atoms. The van der Waals surface area contributed by atoms with E-state index in [-0.39, 0.29) is 17.2 Å². The number of ether oxygens (including phenoxy) is 1. The number of methoxy groups -OCH3 is 1. The first-order valence-corrected chi connectivity index (χ1v) is 9.50. The van der Waals surface area contributed by atoms with Crippen molar-refractivity contribution >= 4 is 23.5 Å². The molecule has 0 aliphatic carbocycles. The summed E-state index contributed by atoms with van der Waals surface area (Å²) in [5.41, 5.74) is 1.07. The van der Waals surface area contributed by atoms with Gasteiger partial charge in [-0.3, -0.25) is 14.6 Å². The van der Waals surface area contributed by atoms with Gasteiger partial charge in [0, 0.05) is 37.9 Å². The standard InChI is InChI=1S/C21H24N4O4/c1-3-24-10-12-25(13-11-24)20(27)15-8-9-22-18(14-15)19(26)23-17-7-5-4-6-16(17)21(28)29-2/h4-9,14H,3,10-13H2,1-2H3,(H,23,26). The maximum Gasteiger partial charge on any atom is 0.339 e. The van der Waals surface area contributed by atoms with Gasteiger partial charge in [0.05, 0.1) is 18.4 Å². The summed E-state index contributed by atoms with van der Waals surface area (Å²) in [6.45, 7) is 6.06. The van der Waals surface area contributed by atoms with Crippen LogP contribution in [0.4, 0.5) is 5.69 Å². The topological polar surface area (TPSA) is 91.8 Å². The number of rotatable bonds is 5. The van der Waals surface area contributed by atoms with Gasteiger partial charge >= 0.3 is 5.97 Å². The van der Waals surface area contributed by atoms with Gasteiger partial charge in [0.2, 0.25) is 0 Å². The molecule has 1 aliphatic heterocycles. The number of carbonyl (C=O) groups is 3. The minimum absolute atomic E-state index is 0.0997. The molecule has 152 valence electrons. The van der Waals surface area contributed by atoms with Gasteiger partial charge in [0.1, 0.15) is 5.69 Å². The SMILES string of the molecule is CCN1CCN(C(=O)c2ccnc(C(=O)Nc3ccccc3C(=O)OC)c2)CC1. The third kappa shape index (κ3) is 4.78. The van der Waals surface area contributed by atoms with Crippen LogP contribution in [0.15, 0.2) is 42.6 Å². The molecule has 0 radical (unpaired) electrons. The first-order chi connectivity index (χ1) is 14.0. The largest absolute Gasteiger partial charge is 0.465 e. The van der Waals surface area contributed by atoms with Gasteiger partial charge in [-0.15, -0.1) is 0 Å². The Hall–Kier alpha value is -3.26. The number of benzene rings is 1. The van der Waals surface area contributed by atoms with Crippen molar-refractivity contribution in [3.63, 3.8) is 0 Å². The molecule has 29 heavy (non-hydrogen) atoms. The number of pyridine rings is 1. The van der Waals surface area contributed by atoms with Gasteiger partial charge in [0.15, 0.2) is 0 Å². The van der Waals surface area contributed by atoms with Crippen LogP contribution in [0, 0.1) is 0 Å². The second kappa shape index (κ2) is 9.29. The number of hydrogen-bond donors (Lipinski definition) is 1. The lowest BCUT2D eigenvalue weighted by Gasteiger charge is -2.34. The van der Waals surface area contributed by atoms with Crippen molar-refractivity contribution in [1.82, 2.24) is 14.8 Å². The fraction of sp³-hybridized carbons (Fsp3) is 0.333. The van der Waals surface area contributed by atoms with E-state index in [1.165, 1.54) is 19.4 Å². The highest BCUT2D eigenvalue weighted by Gasteiger charge is 2.22. The predicted octanol–water partition coefficient (Wildman–Crippen LogP) is 1.90. The van der Waals surface area contributed by atoms with Crippen molar-refractivity contribution in [2.75, 3.05) is 45.2 Å². The summed E-state index contributed by atoms with van der Waals surface area (Å²) in [5, 5.41) is 2.67. The van der Waals surface area contributed by atoms with E-state index in [2.05, 4.69) is 22.1 Å². The van der Waals surface area contributed by atoms with Gasteiger partial charge in [-0.2, -0.15) is 0 Å². The number of piperazine rings is 1. The summed E-state index contributed by atoms with van der Waals surface area (Å²) >= 11 is 0. The molecule has 1 aromatic heterocycles. The summed E-state index contributed by atoms with van der Waals surface area (Å²) in [5.74, 6) is -1.18. The van der Waals surface area contributed by atoms with Crippen LogP contribution in [0.3, 0.4) is 0 Å². The Morgan fingerprint density at radius 1 is 1.10 bits per heavy atom. The Labute approximate surface area is 169 Å². The minimum atomic E-state index is -0.552.